The Labute approximate surface area is 124 Å². The molecule has 1 N–H and O–H groups in total. The van der Waals surface area contributed by atoms with E-state index in [-0.39, 0.29) is 6.04 Å². The monoisotopic (exact) mass is 281 g/mol. The minimum atomic E-state index is 0.207. The van der Waals surface area contributed by atoms with Crippen molar-refractivity contribution in [2.45, 2.75) is 19.5 Å². The number of rotatable bonds is 5. The second-order valence-electron chi connectivity index (χ2n) is 5.12. The lowest BCUT2D eigenvalue weighted by atomic mass is 10.2. The number of nitrogens with zero attached hydrogens (tertiary/aromatic N) is 2. The SMILES string of the molecule is CNC(C)c1ccc(-c2cnn(Cc3ccccc3)c2)o1. The Morgan fingerprint density at radius 3 is 2.76 bits per heavy atom. The Kier molecular flexibility index (Phi) is 3.88. The van der Waals surface area contributed by atoms with Gasteiger partial charge in [-0.05, 0) is 31.7 Å². The summed E-state index contributed by atoms with van der Waals surface area (Å²) in [5.41, 5.74) is 2.23. The van der Waals surface area contributed by atoms with Crippen LogP contribution in [0.2, 0.25) is 0 Å². The van der Waals surface area contributed by atoms with Gasteiger partial charge in [0.15, 0.2) is 0 Å². The summed E-state index contributed by atoms with van der Waals surface area (Å²) in [5, 5.41) is 7.57. The Balaban J connectivity index is 1.77. The lowest BCUT2D eigenvalue weighted by Gasteiger charge is -2.05. The lowest BCUT2D eigenvalue weighted by Crippen LogP contribution is -2.10. The van der Waals surface area contributed by atoms with E-state index < -0.39 is 0 Å². The Morgan fingerprint density at radius 1 is 1.19 bits per heavy atom. The molecule has 1 aromatic carbocycles. The molecule has 0 fully saturated rings. The van der Waals surface area contributed by atoms with E-state index in [1.165, 1.54) is 5.56 Å². The molecule has 108 valence electrons. The highest BCUT2D eigenvalue weighted by Gasteiger charge is 2.11. The Bertz CT molecular complexity index is 700. The topological polar surface area (TPSA) is 43.0 Å². The predicted molar refractivity (Wildman–Crippen MR) is 82.9 cm³/mol. The van der Waals surface area contributed by atoms with Crippen LogP contribution >= 0.6 is 0 Å². The minimum absolute atomic E-state index is 0.207. The van der Waals surface area contributed by atoms with Gasteiger partial charge in [-0.25, -0.2) is 0 Å². The van der Waals surface area contributed by atoms with Crippen molar-refractivity contribution >= 4 is 0 Å². The number of nitrogens with one attached hydrogen (secondary N) is 1. The van der Waals surface area contributed by atoms with Crippen LogP contribution in [0, 0.1) is 0 Å². The molecular weight excluding hydrogens is 262 g/mol. The van der Waals surface area contributed by atoms with Gasteiger partial charge in [-0.2, -0.15) is 5.10 Å². The molecule has 0 saturated carbocycles. The van der Waals surface area contributed by atoms with Crippen LogP contribution in [-0.2, 0) is 6.54 Å². The van der Waals surface area contributed by atoms with Gasteiger partial charge in [0.2, 0.25) is 0 Å². The summed E-state index contributed by atoms with van der Waals surface area (Å²) in [6, 6.07) is 14.5. The molecular formula is C17H19N3O. The van der Waals surface area contributed by atoms with Gasteiger partial charge in [0, 0.05) is 6.20 Å². The van der Waals surface area contributed by atoms with Crippen molar-refractivity contribution in [2.75, 3.05) is 7.05 Å². The first-order valence-corrected chi connectivity index (χ1v) is 7.10. The largest absolute Gasteiger partial charge is 0.459 e. The second kappa shape index (κ2) is 5.97. The summed E-state index contributed by atoms with van der Waals surface area (Å²) in [4.78, 5) is 0. The quantitative estimate of drug-likeness (QED) is 0.778. The molecule has 0 bridgehead atoms. The molecule has 2 heterocycles. The first-order chi connectivity index (χ1) is 10.3. The predicted octanol–water partition coefficient (Wildman–Crippen LogP) is 3.47. The van der Waals surface area contributed by atoms with Crippen molar-refractivity contribution in [1.29, 1.82) is 0 Å². The highest BCUT2D eigenvalue weighted by atomic mass is 16.3. The van der Waals surface area contributed by atoms with E-state index in [9.17, 15) is 0 Å². The van der Waals surface area contributed by atoms with Crippen LogP contribution in [0.15, 0.2) is 59.3 Å². The van der Waals surface area contributed by atoms with Crippen molar-refractivity contribution in [2.24, 2.45) is 0 Å². The van der Waals surface area contributed by atoms with Gasteiger partial charge in [-0.3, -0.25) is 4.68 Å². The molecule has 1 atom stereocenters. The summed E-state index contributed by atoms with van der Waals surface area (Å²) in [6.45, 7) is 2.84. The maximum absolute atomic E-state index is 5.87. The molecule has 0 aliphatic carbocycles. The van der Waals surface area contributed by atoms with E-state index >= 15 is 0 Å². The van der Waals surface area contributed by atoms with Crippen LogP contribution < -0.4 is 5.32 Å². The first-order valence-electron chi connectivity index (χ1n) is 7.10. The van der Waals surface area contributed by atoms with Crippen LogP contribution in [0.4, 0.5) is 0 Å². The third kappa shape index (κ3) is 3.06. The van der Waals surface area contributed by atoms with Crippen LogP contribution in [0.1, 0.15) is 24.3 Å². The normalized spacial score (nSPS) is 12.5. The molecule has 0 radical (unpaired) electrons. The van der Waals surface area contributed by atoms with E-state index in [0.717, 1.165) is 23.6 Å². The van der Waals surface area contributed by atoms with E-state index in [0.29, 0.717) is 0 Å². The summed E-state index contributed by atoms with van der Waals surface area (Å²) < 4.78 is 7.80. The fraction of sp³-hybridized carbons (Fsp3) is 0.235. The number of hydrogen-bond donors (Lipinski definition) is 1. The number of furan rings is 1. The van der Waals surface area contributed by atoms with Crippen LogP contribution in [0.3, 0.4) is 0 Å². The third-order valence-corrected chi connectivity index (χ3v) is 3.59. The number of benzene rings is 1. The molecule has 2 aromatic heterocycles. The second-order valence-corrected chi connectivity index (χ2v) is 5.12. The maximum Gasteiger partial charge on any atom is 0.137 e. The molecule has 0 aliphatic heterocycles. The third-order valence-electron chi connectivity index (χ3n) is 3.59. The van der Waals surface area contributed by atoms with Crippen molar-refractivity contribution in [3.8, 4) is 11.3 Å². The van der Waals surface area contributed by atoms with Gasteiger partial charge in [-0.15, -0.1) is 0 Å². The molecule has 0 amide bonds. The molecule has 0 saturated heterocycles. The van der Waals surface area contributed by atoms with Gasteiger partial charge >= 0.3 is 0 Å². The van der Waals surface area contributed by atoms with E-state index in [1.807, 2.05) is 54.5 Å². The lowest BCUT2D eigenvalue weighted by molar-refractivity contribution is 0.458. The van der Waals surface area contributed by atoms with Gasteiger partial charge in [0.25, 0.3) is 0 Å². The first kappa shape index (κ1) is 13.6. The highest BCUT2D eigenvalue weighted by Crippen LogP contribution is 2.24. The average Bonchev–Trinajstić information content (AvgIpc) is 3.16. The zero-order valence-corrected chi connectivity index (χ0v) is 12.3. The highest BCUT2D eigenvalue weighted by molar-refractivity contribution is 5.55. The van der Waals surface area contributed by atoms with Crippen LogP contribution in [0.25, 0.3) is 11.3 Å². The molecule has 0 spiro atoms. The van der Waals surface area contributed by atoms with Crippen LogP contribution in [0.5, 0.6) is 0 Å². The fourth-order valence-electron chi connectivity index (χ4n) is 2.23. The van der Waals surface area contributed by atoms with E-state index in [1.54, 1.807) is 0 Å². The van der Waals surface area contributed by atoms with Crippen molar-refractivity contribution in [1.82, 2.24) is 15.1 Å². The fourth-order valence-corrected chi connectivity index (χ4v) is 2.23. The molecule has 0 aliphatic rings. The van der Waals surface area contributed by atoms with Gasteiger partial charge in [0.1, 0.15) is 11.5 Å². The van der Waals surface area contributed by atoms with Gasteiger partial charge in [0.05, 0.1) is 24.3 Å². The van der Waals surface area contributed by atoms with E-state index in [2.05, 4.69) is 29.5 Å². The van der Waals surface area contributed by atoms with Gasteiger partial charge < -0.3 is 9.73 Å². The Hall–Kier alpha value is -2.33. The minimum Gasteiger partial charge on any atom is -0.459 e. The average molecular weight is 281 g/mol. The zero-order valence-electron chi connectivity index (χ0n) is 12.3. The number of aromatic nitrogens is 2. The molecule has 4 nitrogen and oxygen atoms in total. The van der Waals surface area contributed by atoms with E-state index in [4.69, 9.17) is 4.42 Å². The van der Waals surface area contributed by atoms with Crippen LogP contribution in [-0.4, -0.2) is 16.8 Å². The molecule has 3 aromatic rings. The molecule has 1 unspecified atom stereocenters. The maximum atomic E-state index is 5.87. The van der Waals surface area contributed by atoms with Gasteiger partial charge in [-0.1, -0.05) is 30.3 Å². The summed E-state index contributed by atoms with van der Waals surface area (Å²) in [7, 11) is 1.92. The van der Waals surface area contributed by atoms with Crippen molar-refractivity contribution in [3.63, 3.8) is 0 Å². The Morgan fingerprint density at radius 2 is 2.00 bits per heavy atom. The standard InChI is InChI=1S/C17H19N3O/c1-13(18-2)16-8-9-17(21-16)15-10-19-20(12-15)11-14-6-4-3-5-7-14/h3-10,12-13,18H,11H2,1-2H3. The van der Waals surface area contributed by atoms with Crippen molar-refractivity contribution < 1.29 is 4.42 Å². The molecule has 3 rings (SSSR count). The summed E-state index contributed by atoms with van der Waals surface area (Å²) in [6.07, 6.45) is 3.86. The number of hydrogen-bond acceptors (Lipinski definition) is 3. The smallest absolute Gasteiger partial charge is 0.137 e. The van der Waals surface area contributed by atoms with Crippen molar-refractivity contribution in [3.05, 3.63) is 66.2 Å². The molecule has 21 heavy (non-hydrogen) atoms. The zero-order chi connectivity index (χ0) is 14.7. The summed E-state index contributed by atoms with van der Waals surface area (Å²) in [5.74, 6) is 1.79. The summed E-state index contributed by atoms with van der Waals surface area (Å²) >= 11 is 0. The molecule has 4 heteroatoms.